The molecule has 0 radical (unpaired) electrons. The summed E-state index contributed by atoms with van der Waals surface area (Å²) in [5.74, 6) is 0.0566. The molecular weight excluding hydrogens is 356 g/mol. The summed E-state index contributed by atoms with van der Waals surface area (Å²) in [5.41, 5.74) is 0.632. The monoisotopic (exact) mass is 386 g/mol. The summed E-state index contributed by atoms with van der Waals surface area (Å²) in [6.45, 7) is 4.89. The van der Waals surface area contributed by atoms with Crippen molar-refractivity contribution in [3.8, 4) is 0 Å². The smallest absolute Gasteiger partial charge is 0.187 e. The molecule has 7 atom stereocenters. The molecule has 1 aliphatic heterocycles. The molecule has 8 heteroatoms. The summed E-state index contributed by atoms with van der Waals surface area (Å²) in [4.78, 5) is 11.8. The summed E-state index contributed by atoms with van der Waals surface area (Å²) < 4.78 is 10.8. The molecule has 1 fully saturated rings. The topological polar surface area (TPSA) is 137 Å². The predicted octanol–water partition coefficient (Wildman–Crippen LogP) is -0.718. The number of ether oxygens (including phenoxy) is 2. The first-order chi connectivity index (χ1) is 12.6. The highest BCUT2D eigenvalue weighted by atomic mass is 16.7. The van der Waals surface area contributed by atoms with Gasteiger partial charge in [0, 0.05) is 12.3 Å². The van der Waals surface area contributed by atoms with Crippen molar-refractivity contribution in [3.05, 3.63) is 23.8 Å². The summed E-state index contributed by atoms with van der Waals surface area (Å²) in [5, 5.41) is 48.5. The zero-order chi connectivity index (χ0) is 20.4. The molecule has 0 bridgehead atoms. The van der Waals surface area contributed by atoms with Gasteiger partial charge in [-0.1, -0.05) is 31.6 Å². The van der Waals surface area contributed by atoms with Crippen LogP contribution in [0.15, 0.2) is 23.8 Å². The molecule has 154 valence electrons. The number of carbonyl (C=O) groups excluding carboxylic acids is 1. The van der Waals surface area contributed by atoms with E-state index < -0.39 is 50.0 Å². The molecule has 0 saturated carbocycles. The number of carbonyl (C=O) groups is 1. The molecule has 2 aliphatic rings. The fourth-order valence-corrected chi connectivity index (χ4v) is 3.72. The van der Waals surface area contributed by atoms with Gasteiger partial charge in [-0.2, -0.15) is 0 Å². The Labute approximate surface area is 158 Å². The molecule has 1 heterocycles. The zero-order valence-electron chi connectivity index (χ0n) is 15.9. The molecule has 5 N–H and O–H groups in total. The van der Waals surface area contributed by atoms with E-state index in [1.54, 1.807) is 12.2 Å². The second-order valence-corrected chi connectivity index (χ2v) is 7.94. The number of aliphatic hydroxyl groups excluding tert-OH is 5. The van der Waals surface area contributed by atoms with Crippen molar-refractivity contribution in [2.24, 2.45) is 11.3 Å². The van der Waals surface area contributed by atoms with Crippen molar-refractivity contribution in [3.63, 3.8) is 0 Å². The Hall–Kier alpha value is -1.13. The van der Waals surface area contributed by atoms with Crippen molar-refractivity contribution in [2.45, 2.75) is 64.0 Å². The lowest BCUT2D eigenvalue weighted by Crippen LogP contribution is -2.59. The maximum absolute atomic E-state index is 11.8. The number of rotatable bonds is 6. The van der Waals surface area contributed by atoms with Gasteiger partial charge in [-0.15, -0.1) is 0 Å². The first-order valence-electron chi connectivity index (χ1n) is 9.07. The average molecular weight is 386 g/mol. The van der Waals surface area contributed by atoms with Gasteiger partial charge >= 0.3 is 0 Å². The van der Waals surface area contributed by atoms with E-state index in [1.165, 1.54) is 0 Å². The van der Waals surface area contributed by atoms with E-state index in [9.17, 15) is 30.3 Å². The van der Waals surface area contributed by atoms with Crippen LogP contribution in [0.25, 0.3) is 0 Å². The van der Waals surface area contributed by atoms with Gasteiger partial charge in [0.05, 0.1) is 13.2 Å². The Balaban J connectivity index is 2.10. The van der Waals surface area contributed by atoms with E-state index in [0.29, 0.717) is 6.42 Å². The van der Waals surface area contributed by atoms with Crippen LogP contribution >= 0.6 is 0 Å². The molecular formula is C19H30O8. The lowest BCUT2D eigenvalue weighted by atomic mass is 9.68. The standard InChI is InChI=1S/C19H30O8/c1-10-6-11(22)7-19(2,3)13(10)5-4-12(8-20)26-18-17(25)16(24)15(23)14(9-21)27-18/h4-6,12-18,20-21,23-25H,7-9H2,1-3H3/b5-4+/t12-,13-,14-,15-,16+,17-,18-/m1/s1. The van der Waals surface area contributed by atoms with Crippen LogP contribution in [0.2, 0.25) is 0 Å². The molecule has 0 unspecified atom stereocenters. The average Bonchev–Trinajstić information content (AvgIpc) is 2.59. The van der Waals surface area contributed by atoms with Gasteiger partial charge in [-0.25, -0.2) is 0 Å². The molecule has 1 saturated heterocycles. The van der Waals surface area contributed by atoms with Crippen LogP contribution in [-0.2, 0) is 14.3 Å². The normalized spacial score (nSPS) is 38.1. The van der Waals surface area contributed by atoms with Gasteiger partial charge in [0.1, 0.15) is 30.5 Å². The first kappa shape index (κ1) is 22.2. The third-order valence-corrected chi connectivity index (χ3v) is 5.21. The summed E-state index contributed by atoms with van der Waals surface area (Å²) in [7, 11) is 0. The molecule has 2 rings (SSSR count). The SMILES string of the molecule is CC1=CC(=O)CC(C)(C)[C@@H]1/C=C/[C@H](CO)O[C@@H]1O[C@H](CO)[C@@H](O)[C@H](O)[C@H]1O. The van der Waals surface area contributed by atoms with E-state index in [2.05, 4.69) is 0 Å². The summed E-state index contributed by atoms with van der Waals surface area (Å²) >= 11 is 0. The molecule has 0 aromatic heterocycles. The van der Waals surface area contributed by atoms with Gasteiger partial charge in [-0.05, 0) is 18.4 Å². The fourth-order valence-electron chi connectivity index (χ4n) is 3.72. The van der Waals surface area contributed by atoms with Crippen molar-refractivity contribution in [1.29, 1.82) is 0 Å². The van der Waals surface area contributed by atoms with E-state index >= 15 is 0 Å². The quantitative estimate of drug-likeness (QED) is 0.377. The number of aliphatic hydroxyl groups is 5. The number of hydrogen-bond donors (Lipinski definition) is 5. The van der Waals surface area contributed by atoms with Crippen LogP contribution in [0.3, 0.4) is 0 Å². The molecule has 0 spiro atoms. The highest BCUT2D eigenvalue weighted by molar-refractivity contribution is 5.92. The van der Waals surface area contributed by atoms with E-state index in [-0.39, 0.29) is 17.1 Å². The lowest BCUT2D eigenvalue weighted by molar-refractivity contribution is -0.309. The Morgan fingerprint density at radius 1 is 1.26 bits per heavy atom. The van der Waals surface area contributed by atoms with Gasteiger partial charge in [0.2, 0.25) is 0 Å². The molecule has 27 heavy (non-hydrogen) atoms. The van der Waals surface area contributed by atoms with Crippen LogP contribution in [0.1, 0.15) is 27.2 Å². The van der Waals surface area contributed by atoms with Crippen LogP contribution < -0.4 is 0 Å². The molecule has 1 aliphatic carbocycles. The maximum atomic E-state index is 11.8. The van der Waals surface area contributed by atoms with Gasteiger partial charge in [0.25, 0.3) is 0 Å². The third-order valence-electron chi connectivity index (χ3n) is 5.21. The Morgan fingerprint density at radius 3 is 2.48 bits per heavy atom. The maximum Gasteiger partial charge on any atom is 0.187 e. The summed E-state index contributed by atoms with van der Waals surface area (Å²) in [6, 6.07) is 0. The number of allylic oxidation sites excluding steroid dienone is 3. The second kappa shape index (κ2) is 8.91. The van der Waals surface area contributed by atoms with Crippen molar-refractivity contribution in [1.82, 2.24) is 0 Å². The Morgan fingerprint density at radius 2 is 1.93 bits per heavy atom. The molecule has 0 aromatic rings. The minimum Gasteiger partial charge on any atom is -0.394 e. The molecule has 0 amide bonds. The Bertz CT molecular complexity index is 582. The largest absolute Gasteiger partial charge is 0.394 e. The minimum absolute atomic E-state index is 0.0253. The number of ketones is 1. The van der Waals surface area contributed by atoms with Crippen molar-refractivity contribution >= 4 is 5.78 Å². The summed E-state index contributed by atoms with van der Waals surface area (Å²) in [6.07, 6.45) is -2.28. The van der Waals surface area contributed by atoms with Gasteiger partial charge in [0.15, 0.2) is 12.1 Å². The molecule has 8 nitrogen and oxygen atoms in total. The van der Waals surface area contributed by atoms with Crippen molar-refractivity contribution in [2.75, 3.05) is 13.2 Å². The van der Waals surface area contributed by atoms with Crippen LogP contribution in [-0.4, -0.2) is 81.3 Å². The lowest BCUT2D eigenvalue weighted by Gasteiger charge is -2.40. The fraction of sp³-hybridized carbons (Fsp3) is 0.737. The van der Waals surface area contributed by atoms with Crippen LogP contribution in [0, 0.1) is 11.3 Å². The number of hydrogen-bond acceptors (Lipinski definition) is 8. The first-order valence-corrected chi connectivity index (χ1v) is 9.07. The minimum atomic E-state index is -1.54. The van der Waals surface area contributed by atoms with Crippen LogP contribution in [0.4, 0.5) is 0 Å². The zero-order valence-corrected chi connectivity index (χ0v) is 15.9. The van der Waals surface area contributed by atoms with Crippen molar-refractivity contribution < 1.29 is 39.8 Å². The van der Waals surface area contributed by atoms with Crippen LogP contribution in [0.5, 0.6) is 0 Å². The second-order valence-electron chi connectivity index (χ2n) is 7.94. The highest BCUT2D eigenvalue weighted by Crippen LogP contribution is 2.40. The third kappa shape index (κ3) is 5.03. The van der Waals surface area contributed by atoms with E-state index in [4.69, 9.17) is 9.47 Å². The van der Waals surface area contributed by atoms with E-state index in [0.717, 1.165) is 5.57 Å². The molecule has 0 aromatic carbocycles. The van der Waals surface area contributed by atoms with Gasteiger partial charge < -0.3 is 35.0 Å². The predicted molar refractivity (Wildman–Crippen MR) is 95.5 cm³/mol. The van der Waals surface area contributed by atoms with Gasteiger partial charge in [-0.3, -0.25) is 4.79 Å². The Kier molecular flexibility index (Phi) is 7.32. The highest BCUT2D eigenvalue weighted by Gasteiger charge is 2.44. The van der Waals surface area contributed by atoms with E-state index in [1.807, 2.05) is 26.8 Å².